The van der Waals surface area contributed by atoms with Crippen LogP contribution in [-0.4, -0.2) is 60.2 Å². The summed E-state index contributed by atoms with van der Waals surface area (Å²) in [6, 6.07) is 22.2. The lowest BCUT2D eigenvalue weighted by molar-refractivity contribution is -0.128. The van der Waals surface area contributed by atoms with Gasteiger partial charge in [-0.3, -0.25) is 9.59 Å². The van der Waals surface area contributed by atoms with Crippen LogP contribution in [0.1, 0.15) is 47.9 Å². The molecule has 44 heavy (non-hydrogen) atoms. The van der Waals surface area contributed by atoms with Crippen LogP contribution < -0.4 is 15.4 Å². The summed E-state index contributed by atoms with van der Waals surface area (Å²) >= 11 is 3.41. The molecule has 3 aromatic carbocycles. The first-order valence-electron chi connectivity index (χ1n) is 15.2. The molecule has 2 aliphatic heterocycles. The first-order valence-corrected chi connectivity index (χ1v) is 16.0. The van der Waals surface area contributed by atoms with Crippen molar-refractivity contribution in [1.29, 1.82) is 0 Å². The number of halogens is 2. The molecule has 2 bridgehead atoms. The van der Waals surface area contributed by atoms with Crippen molar-refractivity contribution in [3.8, 4) is 5.75 Å². The molecule has 1 saturated heterocycles. The molecule has 2 heterocycles. The molecule has 7 nitrogen and oxygen atoms in total. The Balaban J connectivity index is 0.00000123. The Hall–Kier alpha value is -3.53. The van der Waals surface area contributed by atoms with Crippen LogP contribution >= 0.6 is 15.9 Å². The van der Waals surface area contributed by atoms with E-state index in [1.165, 1.54) is 34.4 Å². The van der Waals surface area contributed by atoms with Crippen molar-refractivity contribution in [2.24, 2.45) is 0 Å². The normalized spacial score (nSPS) is 19.1. The van der Waals surface area contributed by atoms with Crippen molar-refractivity contribution < 1.29 is 23.8 Å². The van der Waals surface area contributed by atoms with Gasteiger partial charge in [-0.05, 0) is 94.9 Å². The minimum atomic E-state index is -0.306. The average molecular weight is 665 g/mol. The Morgan fingerprint density at radius 3 is 2.59 bits per heavy atom. The highest BCUT2D eigenvalue weighted by atomic mass is 79.9. The molecule has 3 aromatic rings. The lowest BCUT2D eigenvalue weighted by atomic mass is 9.83. The molecule has 0 radical (unpaired) electrons. The second-order valence-electron chi connectivity index (χ2n) is 11.6. The van der Waals surface area contributed by atoms with Gasteiger partial charge in [-0.25, -0.2) is 4.39 Å². The first kappa shape index (κ1) is 31.9. The molecule has 3 N–H and O–H groups in total. The molecule has 0 aromatic heterocycles. The number of hydrogen-bond acceptors (Lipinski definition) is 5. The summed E-state index contributed by atoms with van der Waals surface area (Å²) in [5, 5.41) is 14.2. The fourth-order valence-corrected chi connectivity index (χ4v) is 6.40. The molecule has 1 aliphatic carbocycles. The van der Waals surface area contributed by atoms with E-state index in [1.807, 2.05) is 0 Å². The van der Waals surface area contributed by atoms with Crippen LogP contribution in [0.25, 0.3) is 5.57 Å². The molecule has 1 saturated carbocycles. The van der Waals surface area contributed by atoms with E-state index < -0.39 is 0 Å². The fraction of sp³-hybridized carbons (Fsp3) is 0.371. The largest absolute Gasteiger partial charge is 0.492 e. The highest BCUT2D eigenvalue weighted by Gasteiger charge is 2.41. The standard InChI is InChI=1S/C34H37BrFN3O2.CH2O2/c1-22-5-2-3-7-25(22)21-39(28-13-14-28)34(40)33-29(18-27-19-37-20-31(33)38-27)24-10-8-23(9-11-24)6-4-16-41-32-17-26(36)12-15-30(32)35;2-1-3/h2-3,5,7-12,15,17,27-28,31,37-38H,4,6,13-14,16,18-21H2,1H3;1H,(H,2,3). The maximum atomic E-state index is 14.3. The second kappa shape index (κ2) is 15.0. The molecule has 2 unspecified atom stereocenters. The Kier molecular flexibility index (Phi) is 10.8. The summed E-state index contributed by atoms with van der Waals surface area (Å²) in [6.07, 6.45) is 4.68. The van der Waals surface area contributed by atoms with Gasteiger partial charge in [-0.15, -0.1) is 0 Å². The number of hydrogen-bond donors (Lipinski definition) is 3. The SMILES string of the molecule is Cc1ccccc1CN(C(=O)C1=C(c2ccc(CCCOc3cc(F)ccc3Br)cc2)CC2CNCC1N2)C1CC1.O=CO. The third kappa shape index (κ3) is 7.94. The summed E-state index contributed by atoms with van der Waals surface area (Å²) in [6.45, 7) is 4.72. The lowest BCUT2D eigenvalue weighted by Gasteiger charge is -2.41. The zero-order valence-corrected chi connectivity index (χ0v) is 26.5. The van der Waals surface area contributed by atoms with Gasteiger partial charge < -0.3 is 25.4 Å². The number of fused-ring (bicyclic) bond motifs is 2. The van der Waals surface area contributed by atoms with Gasteiger partial charge in [0.05, 0.1) is 17.1 Å². The predicted octanol–water partition coefficient (Wildman–Crippen LogP) is 5.89. The Morgan fingerprint density at radius 2 is 1.86 bits per heavy atom. The number of nitrogens with one attached hydrogen (secondary N) is 2. The summed E-state index contributed by atoms with van der Waals surface area (Å²) < 4.78 is 20.1. The quantitative estimate of drug-likeness (QED) is 0.185. The number of carboxylic acid groups (broad SMARTS) is 1. The number of rotatable bonds is 10. The molecule has 2 atom stereocenters. The zero-order valence-electron chi connectivity index (χ0n) is 24.9. The molecule has 2 fully saturated rings. The van der Waals surface area contributed by atoms with Crippen LogP contribution in [0.5, 0.6) is 5.75 Å². The number of piperazine rings is 1. The fourth-order valence-electron chi connectivity index (χ4n) is 6.04. The third-order valence-corrected chi connectivity index (χ3v) is 9.10. The maximum absolute atomic E-state index is 14.3. The summed E-state index contributed by atoms with van der Waals surface area (Å²) in [5.41, 5.74) is 6.92. The van der Waals surface area contributed by atoms with Crippen LogP contribution in [0.4, 0.5) is 4.39 Å². The summed E-state index contributed by atoms with van der Waals surface area (Å²) in [5.74, 6) is 0.396. The molecular weight excluding hydrogens is 625 g/mol. The number of carbonyl (C=O) groups is 2. The molecule has 232 valence electrons. The number of carbonyl (C=O) groups excluding carboxylic acids is 1. The van der Waals surface area contributed by atoms with Crippen molar-refractivity contribution >= 4 is 33.9 Å². The van der Waals surface area contributed by atoms with E-state index in [4.69, 9.17) is 14.6 Å². The van der Waals surface area contributed by atoms with Crippen molar-refractivity contribution in [3.63, 3.8) is 0 Å². The number of amides is 1. The molecule has 6 rings (SSSR count). The van der Waals surface area contributed by atoms with Gasteiger partial charge in [0.2, 0.25) is 0 Å². The van der Waals surface area contributed by atoms with Gasteiger partial charge in [-0.1, -0.05) is 48.5 Å². The Bertz CT molecular complexity index is 1490. The third-order valence-electron chi connectivity index (χ3n) is 8.44. The predicted molar refractivity (Wildman–Crippen MR) is 173 cm³/mol. The van der Waals surface area contributed by atoms with Crippen molar-refractivity contribution in [2.45, 2.75) is 63.7 Å². The van der Waals surface area contributed by atoms with Crippen molar-refractivity contribution in [3.05, 3.63) is 105 Å². The van der Waals surface area contributed by atoms with E-state index in [0.29, 0.717) is 31.0 Å². The number of aryl methyl sites for hydroxylation is 2. The molecule has 0 spiro atoms. The van der Waals surface area contributed by atoms with Gasteiger partial charge in [0.1, 0.15) is 11.6 Å². The van der Waals surface area contributed by atoms with Crippen LogP contribution in [0, 0.1) is 12.7 Å². The second-order valence-corrected chi connectivity index (χ2v) is 12.4. The van der Waals surface area contributed by atoms with Crippen molar-refractivity contribution in [1.82, 2.24) is 15.5 Å². The number of ether oxygens (including phenoxy) is 1. The van der Waals surface area contributed by atoms with E-state index in [0.717, 1.165) is 60.8 Å². The number of nitrogens with zero attached hydrogens (tertiary/aromatic N) is 1. The van der Waals surface area contributed by atoms with E-state index in [9.17, 15) is 9.18 Å². The summed E-state index contributed by atoms with van der Waals surface area (Å²) in [7, 11) is 0. The van der Waals surface area contributed by atoms with Gasteiger partial charge >= 0.3 is 0 Å². The zero-order chi connectivity index (χ0) is 31.1. The van der Waals surface area contributed by atoms with Crippen LogP contribution in [0.3, 0.4) is 0 Å². The maximum Gasteiger partial charge on any atom is 0.290 e. The average Bonchev–Trinajstić information content (AvgIpc) is 3.86. The minimum Gasteiger partial charge on any atom is -0.492 e. The molecule has 9 heteroatoms. The molecule has 1 amide bonds. The van der Waals surface area contributed by atoms with Gasteiger partial charge in [0.15, 0.2) is 0 Å². The topological polar surface area (TPSA) is 90.9 Å². The van der Waals surface area contributed by atoms with Crippen LogP contribution in [0.15, 0.2) is 76.8 Å². The van der Waals surface area contributed by atoms with Crippen molar-refractivity contribution in [2.75, 3.05) is 19.7 Å². The summed E-state index contributed by atoms with van der Waals surface area (Å²) in [4.78, 5) is 24.8. The van der Waals surface area contributed by atoms with Gasteiger partial charge in [0, 0.05) is 43.4 Å². The molecule has 3 aliphatic rings. The van der Waals surface area contributed by atoms with E-state index in [2.05, 4.69) is 86.9 Å². The van der Waals surface area contributed by atoms with Crippen LogP contribution in [-0.2, 0) is 22.6 Å². The van der Waals surface area contributed by atoms with E-state index >= 15 is 0 Å². The molecular formula is C35H39BrFN3O4. The highest BCUT2D eigenvalue weighted by molar-refractivity contribution is 9.10. The minimum absolute atomic E-state index is 0.0158. The van der Waals surface area contributed by atoms with Gasteiger partial charge in [-0.2, -0.15) is 0 Å². The van der Waals surface area contributed by atoms with E-state index in [1.54, 1.807) is 6.07 Å². The van der Waals surface area contributed by atoms with Gasteiger partial charge in [0.25, 0.3) is 12.4 Å². The smallest absolute Gasteiger partial charge is 0.290 e. The Labute approximate surface area is 266 Å². The highest BCUT2D eigenvalue weighted by Crippen LogP contribution is 2.36. The Morgan fingerprint density at radius 1 is 1.11 bits per heavy atom. The lowest BCUT2D eigenvalue weighted by Crippen LogP contribution is -2.60. The monoisotopic (exact) mass is 663 g/mol. The van der Waals surface area contributed by atoms with Crippen LogP contribution in [0.2, 0.25) is 0 Å². The first-order chi connectivity index (χ1) is 21.4. The number of benzene rings is 3. The van der Waals surface area contributed by atoms with E-state index in [-0.39, 0.29) is 24.2 Å².